The molecule has 1 aromatic carbocycles. The number of rotatable bonds is 4. The van der Waals surface area contributed by atoms with Gasteiger partial charge in [0.1, 0.15) is 16.8 Å². The minimum absolute atomic E-state index is 0.354. The SMILES string of the molecule is CC(C(N)=S)S(=O)(=O)Nc1c(F)cc(F)cc1F. The second-order valence-electron chi connectivity index (χ2n) is 3.44. The van der Waals surface area contributed by atoms with Crippen LogP contribution in [-0.4, -0.2) is 18.7 Å². The minimum atomic E-state index is -4.19. The van der Waals surface area contributed by atoms with Gasteiger partial charge in [-0.05, 0) is 6.92 Å². The van der Waals surface area contributed by atoms with Crippen LogP contribution in [0.5, 0.6) is 0 Å². The summed E-state index contributed by atoms with van der Waals surface area (Å²) in [5, 5.41) is -1.32. The molecule has 1 atom stereocenters. The highest BCUT2D eigenvalue weighted by Gasteiger charge is 2.26. The summed E-state index contributed by atoms with van der Waals surface area (Å²) < 4.78 is 64.0. The average molecular weight is 298 g/mol. The fraction of sp³-hybridized carbons (Fsp3) is 0.222. The predicted molar refractivity (Wildman–Crippen MR) is 65.1 cm³/mol. The summed E-state index contributed by atoms with van der Waals surface area (Å²) in [6.07, 6.45) is 0. The van der Waals surface area contributed by atoms with Gasteiger partial charge in [0.05, 0.1) is 4.99 Å². The molecule has 0 aliphatic carbocycles. The Hall–Kier alpha value is -1.35. The van der Waals surface area contributed by atoms with Crippen molar-refractivity contribution in [3.8, 4) is 0 Å². The number of halogens is 3. The number of benzene rings is 1. The van der Waals surface area contributed by atoms with Crippen LogP contribution in [0.1, 0.15) is 6.92 Å². The lowest BCUT2D eigenvalue weighted by atomic mass is 10.3. The maximum atomic E-state index is 13.2. The second-order valence-corrected chi connectivity index (χ2v) is 5.91. The van der Waals surface area contributed by atoms with Crippen LogP contribution in [0.4, 0.5) is 18.9 Å². The third kappa shape index (κ3) is 3.10. The Kier molecular flexibility index (Phi) is 4.17. The lowest BCUT2D eigenvalue weighted by Gasteiger charge is -2.14. The molecule has 0 saturated carbocycles. The smallest absolute Gasteiger partial charge is 0.242 e. The zero-order valence-corrected chi connectivity index (χ0v) is 10.7. The average Bonchev–Trinajstić information content (AvgIpc) is 2.22. The molecule has 9 heteroatoms. The predicted octanol–water partition coefficient (Wildman–Crippen LogP) is 1.52. The highest BCUT2D eigenvalue weighted by atomic mass is 32.2. The molecule has 1 rings (SSSR count). The van der Waals surface area contributed by atoms with Gasteiger partial charge < -0.3 is 5.73 Å². The summed E-state index contributed by atoms with van der Waals surface area (Å²) in [4.78, 5) is -0.356. The summed E-state index contributed by atoms with van der Waals surface area (Å²) in [5.41, 5.74) is 4.17. The van der Waals surface area contributed by atoms with Crippen molar-refractivity contribution in [1.82, 2.24) is 0 Å². The summed E-state index contributed by atoms with van der Waals surface area (Å²) >= 11 is 4.48. The maximum Gasteiger partial charge on any atom is 0.242 e. The first-order valence-electron chi connectivity index (χ1n) is 4.60. The monoisotopic (exact) mass is 298 g/mol. The summed E-state index contributed by atoms with van der Waals surface area (Å²) in [7, 11) is -4.19. The maximum absolute atomic E-state index is 13.2. The van der Waals surface area contributed by atoms with E-state index in [1.165, 1.54) is 0 Å². The fourth-order valence-electron chi connectivity index (χ4n) is 1.02. The molecular formula is C9H9F3N2O2S2. The van der Waals surface area contributed by atoms with Gasteiger partial charge in [0.15, 0.2) is 11.6 Å². The van der Waals surface area contributed by atoms with Gasteiger partial charge in [0, 0.05) is 12.1 Å². The van der Waals surface area contributed by atoms with Gasteiger partial charge in [-0.15, -0.1) is 0 Å². The van der Waals surface area contributed by atoms with E-state index in [9.17, 15) is 21.6 Å². The number of thiocarbonyl (C=S) groups is 1. The van der Waals surface area contributed by atoms with Crippen LogP contribution in [0, 0.1) is 17.5 Å². The molecule has 0 fully saturated rings. The zero-order chi connectivity index (χ0) is 14.1. The van der Waals surface area contributed by atoms with Crippen molar-refractivity contribution in [3.05, 3.63) is 29.6 Å². The molecule has 4 nitrogen and oxygen atoms in total. The van der Waals surface area contributed by atoms with Gasteiger partial charge in [-0.1, -0.05) is 12.2 Å². The van der Waals surface area contributed by atoms with E-state index in [0.29, 0.717) is 12.1 Å². The van der Waals surface area contributed by atoms with Crippen LogP contribution in [0.3, 0.4) is 0 Å². The lowest BCUT2D eigenvalue weighted by molar-refractivity contribution is 0.547. The normalized spacial score (nSPS) is 13.1. The lowest BCUT2D eigenvalue weighted by Crippen LogP contribution is -2.36. The molecule has 0 aliphatic rings. The van der Waals surface area contributed by atoms with E-state index in [0.717, 1.165) is 6.92 Å². The standard InChI is InChI=1S/C9H9F3N2O2S2/c1-4(9(13)17)18(15,16)14-8-6(11)2-5(10)3-7(8)12/h2-4,14H,1H3,(H2,13,17). The summed E-state index contributed by atoms with van der Waals surface area (Å²) in [5.74, 6) is -3.90. The van der Waals surface area contributed by atoms with Gasteiger partial charge >= 0.3 is 0 Å². The van der Waals surface area contributed by atoms with E-state index in [1.54, 1.807) is 4.72 Å². The first-order chi connectivity index (χ1) is 8.15. The molecule has 1 unspecified atom stereocenters. The third-order valence-corrected chi connectivity index (χ3v) is 4.29. The second kappa shape index (κ2) is 5.11. The minimum Gasteiger partial charge on any atom is -0.392 e. The van der Waals surface area contributed by atoms with Gasteiger partial charge in [0.25, 0.3) is 0 Å². The topological polar surface area (TPSA) is 72.2 Å². The highest BCUT2D eigenvalue weighted by molar-refractivity contribution is 7.95. The number of hydrogen-bond acceptors (Lipinski definition) is 3. The van der Waals surface area contributed by atoms with E-state index < -0.39 is 38.4 Å². The van der Waals surface area contributed by atoms with Crippen LogP contribution < -0.4 is 10.5 Å². The molecular weight excluding hydrogens is 289 g/mol. The van der Waals surface area contributed by atoms with E-state index in [1.807, 2.05) is 0 Å². The first-order valence-corrected chi connectivity index (χ1v) is 6.56. The largest absolute Gasteiger partial charge is 0.392 e. The van der Waals surface area contributed by atoms with Crippen LogP contribution >= 0.6 is 12.2 Å². The Morgan fingerprint density at radius 2 is 1.78 bits per heavy atom. The Balaban J connectivity index is 3.17. The molecule has 1 aromatic rings. The van der Waals surface area contributed by atoms with Crippen molar-refractivity contribution >= 4 is 32.9 Å². The van der Waals surface area contributed by atoms with Crippen molar-refractivity contribution in [1.29, 1.82) is 0 Å². The van der Waals surface area contributed by atoms with E-state index in [-0.39, 0.29) is 4.99 Å². The Morgan fingerprint density at radius 3 is 2.17 bits per heavy atom. The summed E-state index contributed by atoms with van der Waals surface area (Å²) in [6.45, 7) is 1.16. The zero-order valence-electron chi connectivity index (χ0n) is 9.08. The molecule has 18 heavy (non-hydrogen) atoms. The Morgan fingerprint density at radius 1 is 1.33 bits per heavy atom. The van der Waals surface area contributed by atoms with Crippen molar-refractivity contribution in [2.75, 3.05) is 4.72 Å². The van der Waals surface area contributed by atoms with Gasteiger partial charge in [-0.3, -0.25) is 4.72 Å². The Bertz CT molecular complexity index is 566. The molecule has 0 aromatic heterocycles. The molecule has 0 amide bonds. The van der Waals surface area contributed by atoms with Crippen molar-refractivity contribution in [2.24, 2.45) is 5.73 Å². The molecule has 0 saturated heterocycles. The van der Waals surface area contributed by atoms with Crippen molar-refractivity contribution in [3.63, 3.8) is 0 Å². The van der Waals surface area contributed by atoms with E-state index in [2.05, 4.69) is 12.2 Å². The first kappa shape index (κ1) is 14.7. The number of hydrogen-bond donors (Lipinski definition) is 2. The fourth-order valence-corrected chi connectivity index (χ4v) is 2.37. The van der Waals surface area contributed by atoms with E-state index >= 15 is 0 Å². The van der Waals surface area contributed by atoms with Crippen molar-refractivity contribution < 1.29 is 21.6 Å². The van der Waals surface area contributed by atoms with Crippen LogP contribution in [0.15, 0.2) is 12.1 Å². The quantitative estimate of drug-likeness (QED) is 0.827. The van der Waals surface area contributed by atoms with Gasteiger partial charge in [-0.25, -0.2) is 21.6 Å². The number of nitrogens with one attached hydrogen (secondary N) is 1. The third-order valence-electron chi connectivity index (χ3n) is 2.12. The number of anilines is 1. The number of sulfonamides is 1. The Labute approximate surface area is 107 Å². The number of nitrogens with two attached hydrogens (primary N) is 1. The highest BCUT2D eigenvalue weighted by Crippen LogP contribution is 2.22. The van der Waals surface area contributed by atoms with Gasteiger partial charge in [0.2, 0.25) is 10.0 Å². The van der Waals surface area contributed by atoms with Crippen LogP contribution in [0.25, 0.3) is 0 Å². The summed E-state index contributed by atoms with van der Waals surface area (Å²) in [6, 6.07) is 0.707. The van der Waals surface area contributed by atoms with Crippen molar-refractivity contribution in [2.45, 2.75) is 12.2 Å². The van der Waals surface area contributed by atoms with E-state index in [4.69, 9.17) is 5.73 Å². The molecule has 0 radical (unpaired) electrons. The van der Waals surface area contributed by atoms with Crippen LogP contribution in [-0.2, 0) is 10.0 Å². The van der Waals surface area contributed by atoms with Gasteiger partial charge in [-0.2, -0.15) is 0 Å². The molecule has 100 valence electrons. The molecule has 0 heterocycles. The molecule has 0 spiro atoms. The molecule has 0 bridgehead atoms. The molecule has 0 aliphatic heterocycles. The molecule has 3 N–H and O–H groups in total. The van der Waals surface area contributed by atoms with Crippen LogP contribution in [0.2, 0.25) is 0 Å².